The first-order chi connectivity index (χ1) is 16.1. The van der Waals surface area contributed by atoms with E-state index in [1.54, 1.807) is 18.3 Å². The van der Waals surface area contributed by atoms with Gasteiger partial charge in [-0.2, -0.15) is 4.89 Å². The highest BCUT2D eigenvalue weighted by atomic mass is 32.1. The lowest BCUT2D eigenvalue weighted by molar-refractivity contribution is -0.269. The second-order valence-electron chi connectivity index (χ2n) is 7.35. The maximum Gasteiger partial charge on any atom is 0.342 e. The quantitative estimate of drug-likeness (QED) is 0.201. The number of hydrogen-bond acceptors (Lipinski definition) is 7. The lowest BCUT2D eigenvalue weighted by Crippen LogP contribution is -2.06. The Kier molecular flexibility index (Phi) is 7.55. The van der Waals surface area contributed by atoms with Gasteiger partial charge in [0.15, 0.2) is 0 Å². The summed E-state index contributed by atoms with van der Waals surface area (Å²) in [5, 5.41) is 0. The summed E-state index contributed by atoms with van der Waals surface area (Å²) in [4.78, 5) is 27.6. The molecule has 0 aliphatic heterocycles. The molecule has 170 valence electrons. The maximum atomic E-state index is 11.5. The molecule has 0 bridgehead atoms. The number of rotatable bonds is 10. The average Bonchev–Trinajstić information content (AvgIpc) is 3.48. The molecular formula is C26H25NO5S. The molecule has 0 amide bonds. The molecule has 0 unspecified atom stereocenters. The largest absolute Gasteiger partial charge is 0.487 e. The van der Waals surface area contributed by atoms with Gasteiger partial charge in [-0.1, -0.05) is 42.5 Å². The van der Waals surface area contributed by atoms with Crippen molar-refractivity contribution in [2.24, 2.45) is 0 Å². The summed E-state index contributed by atoms with van der Waals surface area (Å²) < 4.78 is 11.8. The summed E-state index contributed by atoms with van der Waals surface area (Å²) in [5.74, 6) is 1.69. The number of carbonyl (C=O) groups excluding carboxylic acids is 1. The van der Waals surface area contributed by atoms with Crippen LogP contribution in [0, 0.1) is 6.92 Å². The summed E-state index contributed by atoms with van der Waals surface area (Å²) in [6.45, 7) is 4.31. The van der Waals surface area contributed by atoms with E-state index in [-0.39, 0.29) is 12.4 Å². The van der Waals surface area contributed by atoms with Crippen LogP contribution in [0.1, 0.15) is 30.4 Å². The third-order valence-electron chi connectivity index (χ3n) is 4.95. The Hall–Kier alpha value is -3.42. The van der Waals surface area contributed by atoms with Gasteiger partial charge in [0, 0.05) is 4.88 Å². The van der Waals surface area contributed by atoms with Crippen LogP contribution >= 0.6 is 11.3 Å². The molecule has 4 rings (SSSR count). The highest BCUT2D eigenvalue weighted by molar-refractivity contribution is 7.18. The summed E-state index contributed by atoms with van der Waals surface area (Å²) in [6.07, 6.45) is 0.833. The zero-order valence-corrected chi connectivity index (χ0v) is 19.4. The molecule has 33 heavy (non-hydrogen) atoms. The highest BCUT2D eigenvalue weighted by Crippen LogP contribution is 2.34. The maximum absolute atomic E-state index is 11.5. The molecule has 0 spiro atoms. The van der Waals surface area contributed by atoms with Crippen LogP contribution in [-0.4, -0.2) is 17.6 Å². The fourth-order valence-electron chi connectivity index (χ4n) is 3.19. The minimum Gasteiger partial charge on any atom is -0.487 e. The van der Waals surface area contributed by atoms with Crippen molar-refractivity contribution in [1.82, 2.24) is 4.98 Å². The predicted molar refractivity (Wildman–Crippen MR) is 127 cm³/mol. The van der Waals surface area contributed by atoms with Crippen LogP contribution in [0.2, 0.25) is 0 Å². The lowest BCUT2D eigenvalue weighted by Gasteiger charge is -2.06. The first-order valence-electron chi connectivity index (χ1n) is 10.8. The third-order valence-corrected chi connectivity index (χ3v) is 6.08. The Morgan fingerprint density at radius 2 is 1.76 bits per heavy atom. The number of carbonyl (C=O) groups is 1. The monoisotopic (exact) mass is 463 g/mol. The number of benzene rings is 2. The summed E-state index contributed by atoms with van der Waals surface area (Å²) in [5.41, 5.74) is 2.96. The van der Waals surface area contributed by atoms with Gasteiger partial charge in [-0.05, 0) is 55.7 Å². The number of aromatic nitrogens is 1. The van der Waals surface area contributed by atoms with Crippen LogP contribution in [0.5, 0.6) is 5.75 Å². The van der Waals surface area contributed by atoms with Crippen LogP contribution in [0.15, 0.2) is 71.1 Å². The van der Waals surface area contributed by atoms with E-state index in [0.29, 0.717) is 25.5 Å². The Bertz CT molecular complexity index is 1180. The van der Waals surface area contributed by atoms with Gasteiger partial charge in [-0.3, -0.25) is 4.89 Å². The van der Waals surface area contributed by atoms with Gasteiger partial charge in [-0.15, -0.1) is 11.3 Å². The highest BCUT2D eigenvalue weighted by Gasteiger charge is 2.15. The van der Waals surface area contributed by atoms with Crippen LogP contribution < -0.4 is 4.74 Å². The molecule has 0 aliphatic rings. The average molecular weight is 464 g/mol. The lowest BCUT2D eigenvalue weighted by atomic mass is 10.1. The Morgan fingerprint density at radius 3 is 2.52 bits per heavy atom. The van der Waals surface area contributed by atoms with Crippen LogP contribution in [0.3, 0.4) is 0 Å². The molecular weight excluding hydrogens is 438 g/mol. The molecule has 2 aromatic heterocycles. The topological polar surface area (TPSA) is 70.8 Å². The molecule has 7 heteroatoms. The van der Waals surface area contributed by atoms with Crippen molar-refractivity contribution in [3.63, 3.8) is 0 Å². The van der Waals surface area contributed by atoms with Gasteiger partial charge in [0.2, 0.25) is 5.89 Å². The van der Waals surface area contributed by atoms with E-state index in [1.165, 1.54) is 10.4 Å². The van der Waals surface area contributed by atoms with Crippen molar-refractivity contribution in [3.8, 4) is 27.0 Å². The van der Waals surface area contributed by atoms with Crippen molar-refractivity contribution in [1.29, 1.82) is 0 Å². The van der Waals surface area contributed by atoms with Crippen molar-refractivity contribution in [3.05, 3.63) is 83.7 Å². The molecule has 4 aromatic rings. The molecule has 0 atom stereocenters. The fourth-order valence-corrected chi connectivity index (χ4v) is 4.13. The SMILES string of the molecule is CCOOC(=O)CCc1ccc(OCc2nc(-c3ccc(-c4ccccc4)s3)oc2C)cc1. The number of thiophene rings is 1. The molecule has 6 nitrogen and oxygen atoms in total. The van der Waals surface area contributed by atoms with E-state index >= 15 is 0 Å². The van der Waals surface area contributed by atoms with Gasteiger partial charge in [0.05, 0.1) is 17.9 Å². The van der Waals surface area contributed by atoms with Crippen LogP contribution in [0.4, 0.5) is 0 Å². The molecule has 0 saturated heterocycles. The second-order valence-corrected chi connectivity index (χ2v) is 8.43. The number of nitrogens with zero attached hydrogens (tertiary/aromatic N) is 1. The molecule has 2 heterocycles. The first kappa shape index (κ1) is 22.8. The number of aryl methyl sites for hydroxylation is 2. The van der Waals surface area contributed by atoms with E-state index in [0.717, 1.165) is 27.6 Å². The van der Waals surface area contributed by atoms with Gasteiger partial charge >= 0.3 is 5.97 Å². The van der Waals surface area contributed by atoms with E-state index in [1.807, 2.05) is 55.5 Å². The van der Waals surface area contributed by atoms with Crippen LogP contribution in [-0.2, 0) is 27.6 Å². The summed E-state index contributed by atoms with van der Waals surface area (Å²) in [6, 6.07) is 22.0. The molecule has 0 radical (unpaired) electrons. The Morgan fingerprint density at radius 1 is 1.00 bits per heavy atom. The van der Waals surface area contributed by atoms with Gasteiger partial charge in [-0.25, -0.2) is 9.78 Å². The molecule has 0 saturated carbocycles. The standard InChI is InChI=1S/C26H25NO5S/c1-3-30-32-25(28)16-11-19-9-12-21(13-10-19)29-17-22-18(2)31-26(27-22)24-15-14-23(33-24)20-7-5-4-6-8-20/h4-10,12-15H,3,11,16-17H2,1-2H3. The van der Waals surface area contributed by atoms with Crippen molar-refractivity contribution >= 4 is 17.3 Å². The Balaban J connectivity index is 1.33. The normalized spacial score (nSPS) is 10.8. The number of hydrogen-bond donors (Lipinski definition) is 0. The summed E-state index contributed by atoms with van der Waals surface area (Å²) >= 11 is 1.65. The predicted octanol–water partition coefficient (Wildman–Crippen LogP) is 6.38. The van der Waals surface area contributed by atoms with Crippen LogP contribution in [0.25, 0.3) is 21.2 Å². The van der Waals surface area contributed by atoms with Crippen molar-refractivity contribution in [2.45, 2.75) is 33.3 Å². The molecule has 0 aliphatic carbocycles. The van der Waals surface area contributed by atoms with E-state index in [9.17, 15) is 4.79 Å². The smallest absolute Gasteiger partial charge is 0.342 e. The zero-order chi connectivity index (χ0) is 23.0. The van der Waals surface area contributed by atoms with Gasteiger partial charge < -0.3 is 9.15 Å². The zero-order valence-electron chi connectivity index (χ0n) is 18.6. The fraction of sp³-hybridized carbons (Fsp3) is 0.231. The van der Waals surface area contributed by atoms with E-state index < -0.39 is 0 Å². The minimum atomic E-state index is -0.379. The molecule has 0 fully saturated rings. The van der Waals surface area contributed by atoms with Gasteiger partial charge in [0.1, 0.15) is 23.8 Å². The second kappa shape index (κ2) is 10.9. The van der Waals surface area contributed by atoms with Gasteiger partial charge in [0.25, 0.3) is 0 Å². The molecule has 2 aromatic carbocycles. The van der Waals surface area contributed by atoms with E-state index in [2.05, 4.69) is 33.0 Å². The van der Waals surface area contributed by atoms with Crippen molar-refractivity contribution < 1.29 is 23.7 Å². The summed E-state index contributed by atoms with van der Waals surface area (Å²) in [7, 11) is 0. The molecule has 0 N–H and O–H groups in total. The Labute approximate surface area is 196 Å². The minimum absolute atomic E-state index is 0.260. The third kappa shape index (κ3) is 6.09. The number of ether oxygens (including phenoxy) is 1. The number of oxazole rings is 1. The first-order valence-corrected chi connectivity index (χ1v) is 11.6. The van der Waals surface area contributed by atoms with Crippen molar-refractivity contribution in [2.75, 3.05) is 6.61 Å². The van der Waals surface area contributed by atoms with E-state index in [4.69, 9.17) is 9.15 Å².